The molecule has 0 aliphatic heterocycles. The molecule has 0 saturated heterocycles. The average Bonchev–Trinajstić information content (AvgIpc) is 2.63. The predicted molar refractivity (Wildman–Crippen MR) is 110 cm³/mol. The van der Waals surface area contributed by atoms with Crippen molar-refractivity contribution in [3.63, 3.8) is 0 Å². The molecule has 0 aromatic heterocycles. The second kappa shape index (κ2) is 9.89. The van der Waals surface area contributed by atoms with Gasteiger partial charge in [0.1, 0.15) is 11.9 Å². The molecule has 0 bridgehead atoms. The lowest BCUT2D eigenvalue weighted by atomic mass is 10.1. The summed E-state index contributed by atoms with van der Waals surface area (Å²) in [6, 6.07) is 10.1. The molecule has 0 heterocycles. The van der Waals surface area contributed by atoms with E-state index in [4.69, 9.17) is 23.2 Å². The summed E-state index contributed by atoms with van der Waals surface area (Å²) in [5.74, 6) is -0.934. The third-order valence-electron chi connectivity index (χ3n) is 4.25. The molecule has 2 rings (SSSR count). The van der Waals surface area contributed by atoms with Gasteiger partial charge in [-0.2, -0.15) is 0 Å². The molecule has 2 aromatic rings. The van der Waals surface area contributed by atoms with Crippen LogP contribution in [0.1, 0.15) is 31.9 Å². The van der Waals surface area contributed by atoms with E-state index in [1.165, 1.54) is 17.0 Å². The highest BCUT2D eigenvalue weighted by Gasteiger charge is 2.27. The van der Waals surface area contributed by atoms with Crippen molar-refractivity contribution < 1.29 is 14.0 Å². The third-order valence-corrected chi connectivity index (χ3v) is 4.96. The number of hydrogen-bond donors (Lipinski definition) is 1. The molecular formula is C21H23Cl2FN2O2. The van der Waals surface area contributed by atoms with Gasteiger partial charge in [0.2, 0.25) is 11.8 Å². The number of carbonyl (C=O) groups excluding carboxylic acids is 2. The Morgan fingerprint density at radius 1 is 1.04 bits per heavy atom. The highest BCUT2D eigenvalue weighted by molar-refractivity contribution is 6.36. The summed E-state index contributed by atoms with van der Waals surface area (Å²) in [6.07, 6.45) is -0.0427. The van der Waals surface area contributed by atoms with Crippen LogP contribution < -0.4 is 5.32 Å². The normalized spacial score (nSPS) is 12.0. The molecule has 1 unspecified atom stereocenters. The van der Waals surface area contributed by atoms with Gasteiger partial charge in [0.05, 0.1) is 6.42 Å². The summed E-state index contributed by atoms with van der Waals surface area (Å²) in [4.78, 5) is 27.0. The molecule has 28 heavy (non-hydrogen) atoms. The fourth-order valence-electron chi connectivity index (χ4n) is 2.73. The van der Waals surface area contributed by atoms with Crippen molar-refractivity contribution in [2.45, 2.75) is 45.8 Å². The maximum atomic E-state index is 13.2. The van der Waals surface area contributed by atoms with Crippen LogP contribution in [0.4, 0.5) is 4.39 Å². The van der Waals surface area contributed by atoms with Crippen molar-refractivity contribution in [1.29, 1.82) is 0 Å². The first kappa shape index (κ1) is 22.2. The van der Waals surface area contributed by atoms with Crippen molar-refractivity contribution in [2.75, 3.05) is 0 Å². The minimum absolute atomic E-state index is 0.0427. The number of nitrogens with one attached hydrogen (secondary N) is 1. The molecule has 0 aliphatic carbocycles. The number of amides is 2. The average molecular weight is 425 g/mol. The van der Waals surface area contributed by atoms with Crippen molar-refractivity contribution in [3.8, 4) is 0 Å². The minimum Gasteiger partial charge on any atom is -0.352 e. The zero-order valence-electron chi connectivity index (χ0n) is 16.0. The van der Waals surface area contributed by atoms with Crippen molar-refractivity contribution in [1.82, 2.24) is 10.2 Å². The zero-order valence-corrected chi connectivity index (χ0v) is 17.5. The van der Waals surface area contributed by atoms with Gasteiger partial charge in [0.15, 0.2) is 0 Å². The molecular weight excluding hydrogens is 402 g/mol. The molecule has 7 heteroatoms. The van der Waals surface area contributed by atoms with Crippen LogP contribution in [-0.2, 0) is 22.6 Å². The summed E-state index contributed by atoms with van der Waals surface area (Å²) in [5, 5.41) is 3.60. The molecule has 1 N–H and O–H groups in total. The molecule has 0 saturated carbocycles. The minimum atomic E-state index is -0.721. The Balaban J connectivity index is 2.29. The van der Waals surface area contributed by atoms with Crippen LogP contribution in [-0.4, -0.2) is 28.8 Å². The van der Waals surface area contributed by atoms with Crippen LogP contribution in [0.5, 0.6) is 0 Å². The Hall–Kier alpha value is -2.11. The van der Waals surface area contributed by atoms with Gasteiger partial charge in [-0.1, -0.05) is 41.4 Å². The fourth-order valence-corrected chi connectivity index (χ4v) is 3.26. The van der Waals surface area contributed by atoms with Gasteiger partial charge in [0, 0.05) is 22.6 Å². The topological polar surface area (TPSA) is 49.4 Å². The lowest BCUT2D eigenvalue weighted by Crippen LogP contribution is -2.49. The summed E-state index contributed by atoms with van der Waals surface area (Å²) in [6.45, 7) is 5.52. The lowest BCUT2D eigenvalue weighted by molar-refractivity contribution is -0.140. The van der Waals surface area contributed by atoms with Crippen LogP contribution >= 0.6 is 23.2 Å². The Morgan fingerprint density at radius 2 is 1.61 bits per heavy atom. The van der Waals surface area contributed by atoms with Crippen LogP contribution in [0.15, 0.2) is 42.5 Å². The van der Waals surface area contributed by atoms with Crippen LogP contribution in [0, 0.1) is 5.82 Å². The number of carbonyl (C=O) groups is 2. The molecule has 0 fully saturated rings. The summed E-state index contributed by atoms with van der Waals surface area (Å²) >= 11 is 12.4. The van der Waals surface area contributed by atoms with E-state index in [0.29, 0.717) is 21.2 Å². The summed E-state index contributed by atoms with van der Waals surface area (Å²) in [5.41, 5.74) is 1.22. The first-order valence-corrected chi connectivity index (χ1v) is 9.71. The van der Waals surface area contributed by atoms with E-state index in [1.54, 1.807) is 37.3 Å². The number of halogens is 3. The Labute approximate surface area is 174 Å². The van der Waals surface area contributed by atoms with E-state index >= 15 is 0 Å². The number of nitrogens with zero attached hydrogens (tertiary/aromatic N) is 1. The first-order valence-electron chi connectivity index (χ1n) is 8.96. The molecule has 0 spiro atoms. The second-order valence-corrected chi connectivity index (χ2v) is 7.68. The van der Waals surface area contributed by atoms with Crippen LogP contribution in [0.3, 0.4) is 0 Å². The smallest absolute Gasteiger partial charge is 0.242 e. The Kier molecular flexibility index (Phi) is 7.84. The number of benzene rings is 2. The number of hydrogen-bond acceptors (Lipinski definition) is 2. The quantitative estimate of drug-likeness (QED) is 0.704. The molecule has 4 nitrogen and oxygen atoms in total. The zero-order chi connectivity index (χ0) is 20.8. The number of rotatable bonds is 7. The molecule has 2 amide bonds. The van der Waals surface area contributed by atoms with E-state index in [1.807, 2.05) is 13.8 Å². The van der Waals surface area contributed by atoms with Gasteiger partial charge in [0.25, 0.3) is 0 Å². The highest BCUT2D eigenvalue weighted by Crippen LogP contribution is 2.26. The van der Waals surface area contributed by atoms with Gasteiger partial charge in [-0.3, -0.25) is 9.59 Å². The van der Waals surface area contributed by atoms with Crippen LogP contribution in [0.2, 0.25) is 10.0 Å². The van der Waals surface area contributed by atoms with Crippen molar-refractivity contribution >= 4 is 35.0 Å². The van der Waals surface area contributed by atoms with Gasteiger partial charge < -0.3 is 10.2 Å². The van der Waals surface area contributed by atoms with Gasteiger partial charge in [-0.15, -0.1) is 0 Å². The van der Waals surface area contributed by atoms with E-state index in [0.717, 1.165) is 0 Å². The Bertz CT molecular complexity index is 821. The fraction of sp³-hybridized carbons (Fsp3) is 0.333. The summed E-state index contributed by atoms with van der Waals surface area (Å²) < 4.78 is 13.2. The first-order chi connectivity index (χ1) is 13.2. The Morgan fingerprint density at radius 3 is 2.14 bits per heavy atom. The van der Waals surface area contributed by atoms with E-state index in [2.05, 4.69) is 5.32 Å². The van der Waals surface area contributed by atoms with Gasteiger partial charge in [-0.25, -0.2) is 4.39 Å². The largest absolute Gasteiger partial charge is 0.352 e. The van der Waals surface area contributed by atoms with Crippen molar-refractivity contribution in [3.05, 3.63) is 69.5 Å². The third kappa shape index (κ3) is 5.94. The van der Waals surface area contributed by atoms with E-state index < -0.39 is 6.04 Å². The SMILES string of the molecule is CC(C)NC(=O)C(C)N(Cc1ccc(F)cc1)C(=O)Cc1c(Cl)cccc1Cl. The standard InChI is InChI=1S/C21H23Cl2FN2O2/c1-13(2)25-21(28)14(3)26(12-15-7-9-16(24)10-8-15)20(27)11-17-18(22)5-4-6-19(17)23/h4-10,13-14H,11-12H2,1-3H3,(H,25,28). The monoisotopic (exact) mass is 424 g/mol. The van der Waals surface area contributed by atoms with Crippen LogP contribution in [0.25, 0.3) is 0 Å². The predicted octanol–water partition coefficient (Wildman–Crippen LogP) is 4.62. The molecule has 2 aromatic carbocycles. The van der Waals surface area contributed by atoms with Gasteiger partial charge >= 0.3 is 0 Å². The molecule has 150 valence electrons. The molecule has 0 aliphatic rings. The van der Waals surface area contributed by atoms with Crippen molar-refractivity contribution in [2.24, 2.45) is 0 Å². The lowest BCUT2D eigenvalue weighted by Gasteiger charge is -2.29. The molecule has 0 radical (unpaired) electrons. The maximum absolute atomic E-state index is 13.2. The van der Waals surface area contributed by atoms with E-state index in [-0.39, 0.29) is 36.6 Å². The molecule has 1 atom stereocenters. The van der Waals surface area contributed by atoms with E-state index in [9.17, 15) is 14.0 Å². The van der Waals surface area contributed by atoms with Gasteiger partial charge in [-0.05, 0) is 56.2 Å². The second-order valence-electron chi connectivity index (χ2n) is 6.86. The highest BCUT2D eigenvalue weighted by atomic mass is 35.5. The summed E-state index contributed by atoms with van der Waals surface area (Å²) in [7, 11) is 0. The maximum Gasteiger partial charge on any atom is 0.242 e.